The molecule has 2 aromatic rings. The van der Waals surface area contributed by atoms with Gasteiger partial charge in [0.1, 0.15) is 0 Å². The molecule has 20 heavy (non-hydrogen) atoms. The van der Waals surface area contributed by atoms with Crippen molar-refractivity contribution >= 4 is 23.2 Å². The minimum atomic E-state index is -0.461. The molecule has 0 aliphatic carbocycles. The molecule has 2 aromatic carbocycles. The van der Waals surface area contributed by atoms with E-state index < -0.39 is 5.91 Å². The first kappa shape index (κ1) is 14.4. The molecule has 0 radical (unpaired) electrons. The number of hydrogen-bond donors (Lipinski definition) is 2. The average molecular weight is 289 g/mol. The predicted molar refractivity (Wildman–Crippen MR) is 83.1 cm³/mol. The number of anilines is 1. The average Bonchev–Trinajstić information content (AvgIpc) is 2.46. The first-order chi connectivity index (χ1) is 9.60. The van der Waals surface area contributed by atoms with Crippen LogP contribution in [0, 0.1) is 0 Å². The molecule has 3 N–H and O–H groups in total. The second kappa shape index (κ2) is 6.44. The lowest BCUT2D eigenvalue weighted by atomic mass is 10.1. The van der Waals surface area contributed by atoms with E-state index >= 15 is 0 Å². The summed E-state index contributed by atoms with van der Waals surface area (Å²) in [7, 11) is 0. The molecule has 3 nitrogen and oxygen atoms in total. The van der Waals surface area contributed by atoms with Gasteiger partial charge in [0.15, 0.2) is 0 Å². The highest BCUT2D eigenvalue weighted by Gasteiger charge is 2.05. The summed E-state index contributed by atoms with van der Waals surface area (Å²) in [4.78, 5) is 11.2. The van der Waals surface area contributed by atoms with Crippen LogP contribution in [0.25, 0.3) is 0 Å². The smallest absolute Gasteiger partial charge is 0.248 e. The third-order valence-electron chi connectivity index (χ3n) is 3.17. The second-order valence-electron chi connectivity index (χ2n) is 4.58. The minimum absolute atomic E-state index is 0.443. The van der Waals surface area contributed by atoms with Crippen molar-refractivity contribution in [2.45, 2.75) is 19.9 Å². The third kappa shape index (κ3) is 3.52. The van der Waals surface area contributed by atoms with Gasteiger partial charge >= 0.3 is 0 Å². The Kier molecular flexibility index (Phi) is 4.64. The Morgan fingerprint density at radius 3 is 2.40 bits per heavy atom. The molecular formula is C16H17ClN2O. The van der Waals surface area contributed by atoms with Crippen LogP contribution in [0.1, 0.15) is 28.4 Å². The van der Waals surface area contributed by atoms with E-state index in [9.17, 15) is 4.79 Å². The quantitative estimate of drug-likeness (QED) is 0.883. The Morgan fingerprint density at radius 1 is 1.15 bits per heavy atom. The summed E-state index contributed by atoms with van der Waals surface area (Å²) in [5.41, 5.74) is 8.88. The number of carbonyl (C=O) groups is 1. The van der Waals surface area contributed by atoms with Crippen molar-refractivity contribution in [1.82, 2.24) is 0 Å². The molecule has 0 aromatic heterocycles. The summed E-state index contributed by atoms with van der Waals surface area (Å²) in [5, 5.41) is 3.79. The molecule has 1 amide bonds. The fraction of sp³-hybridized carbons (Fsp3) is 0.188. The van der Waals surface area contributed by atoms with Crippen LogP contribution in [0.15, 0.2) is 42.5 Å². The Bertz CT molecular complexity index is 608. The molecule has 0 spiro atoms. The van der Waals surface area contributed by atoms with Crippen LogP contribution in [0.2, 0.25) is 5.02 Å². The van der Waals surface area contributed by atoms with E-state index in [1.807, 2.05) is 0 Å². The van der Waals surface area contributed by atoms with Crippen molar-refractivity contribution in [1.29, 1.82) is 0 Å². The normalized spacial score (nSPS) is 10.3. The summed E-state index contributed by atoms with van der Waals surface area (Å²) in [5.74, 6) is -0.461. The van der Waals surface area contributed by atoms with Crippen LogP contribution in [0.4, 0.5) is 5.69 Å². The molecule has 104 valence electrons. The maximum Gasteiger partial charge on any atom is 0.248 e. The van der Waals surface area contributed by atoms with E-state index in [1.54, 1.807) is 18.2 Å². The number of nitrogens with two attached hydrogens (primary N) is 1. The van der Waals surface area contributed by atoms with Gasteiger partial charge in [-0.25, -0.2) is 0 Å². The zero-order valence-electron chi connectivity index (χ0n) is 11.3. The zero-order chi connectivity index (χ0) is 14.5. The molecule has 0 heterocycles. The maximum absolute atomic E-state index is 11.2. The number of primary amides is 1. The molecule has 0 aliphatic heterocycles. The highest BCUT2D eigenvalue weighted by atomic mass is 35.5. The Morgan fingerprint density at radius 2 is 1.80 bits per heavy atom. The van der Waals surface area contributed by atoms with Crippen LogP contribution in [0.5, 0.6) is 0 Å². The van der Waals surface area contributed by atoms with E-state index in [0.717, 1.165) is 12.0 Å². The topological polar surface area (TPSA) is 55.1 Å². The number of aryl methyl sites for hydroxylation is 1. The van der Waals surface area contributed by atoms with Gasteiger partial charge in [0, 0.05) is 12.1 Å². The van der Waals surface area contributed by atoms with Gasteiger partial charge in [-0.05, 0) is 35.7 Å². The van der Waals surface area contributed by atoms with Crippen molar-refractivity contribution in [3.05, 3.63) is 64.2 Å². The summed E-state index contributed by atoms with van der Waals surface area (Å²) in [6.45, 7) is 2.77. The number of carbonyl (C=O) groups excluding carboxylic acids is 1. The zero-order valence-corrected chi connectivity index (χ0v) is 12.1. The SMILES string of the molecule is CCc1ccc(CNc2cc(C(N)=O)ccc2Cl)cc1. The molecule has 0 fully saturated rings. The molecule has 0 bridgehead atoms. The largest absolute Gasteiger partial charge is 0.380 e. The maximum atomic E-state index is 11.2. The Labute approximate surface area is 123 Å². The summed E-state index contributed by atoms with van der Waals surface area (Å²) >= 11 is 6.10. The molecule has 0 saturated heterocycles. The lowest BCUT2D eigenvalue weighted by Gasteiger charge is -2.10. The van der Waals surface area contributed by atoms with Crippen LogP contribution in [-0.4, -0.2) is 5.91 Å². The molecule has 0 saturated carbocycles. The highest BCUT2D eigenvalue weighted by Crippen LogP contribution is 2.23. The Balaban J connectivity index is 2.09. The van der Waals surface area contributed by atoms with Gasteiger partial charge < -0.3 is 11.1 Å². The van der Waals surface area contributed by atoms with E-state index in [0.29, 0.717) is 22.8 Å². The molecule has 2 rings (SSSR count). The van der Waals surface area contributed by atoms with E-state index in [2.05, 4.69) is 36.5 Å². The summed E-state index contributed by atoms with van der Waals surface area (Å²) in [6, 6.07) is 13.3. The lowest BCUT2D eigenvalue weighted by molar-refractivity contribution is 0.100. The molecule has 0 aliphatic rings. The van der Waals surface area contributed by atoms with E-state index in [1.165, 1.54) is 5.56 Å². The third-order valence-corrected chi connectivity index (χ3v) is 3.49. The first-order valence-corrected chi connectivity index (χ1v) is 6.89. The lowest BCUT2D eigenvalue weighted by Crippen LogP contribution is -2.11. The van der Waals surface area contributed by atoms with Gasteiger partial charge in [-0.1, -0.05) is 42.8 Å². The Hall–Kier alpha value is -2.00. The first-order valence-electron chi connectivity index (χ1n) is 6.51. The van der Waals surface area contributed by atoms with Crippen molar-refractivity contribution in [2.75, 3.05) is 5.32 Å². The number of halogens is 1. The van der Waals surface area contributed by atoms with E-state index in [4.69, 9.17) is 17.3 Å². The minimum Gasteiger partial charge on any atom is -0.380 e. The van der Waals surface area contributed by atoms with Gasteiger partial charge in [-0.3, -0.25) is 4.79 Å². The number of benzene rings is 2. The van der Waals surface area contributed by atoms with Crippen LogP contribution < -0.4 is 11.1 Å². The van der Waals surface area contributed by atoms with Crippen molar-refractivity contribution < 1.29 is 4.79 Å². The summed E-state index contributed by atoms with van der Waals surface area (Å²) in [6.07, 6.45) is 1.03. The van der Waals surface area contributed by atoms with Gasteiger partial charge in [0.2, 0.25) is 5.91 Å². The fourth-order valence-corrected chi connectivity index (χ4v) is 2.09. The monoisotopic (exact) mass is 288 g/mol. The van der Waals surface area contributed by atoms with Gasteiger partial charge in [0.25, 0.3) is 0 Å². The number of hydrogen-bond acceptors (Lipinski definition) is 2. The molecule has 0 unspecified atom stereocenters. The highest BCUT2D eigenvalue weighted by molar-refractivity contribution is 6.33. The second-order valence-corrected chi connectivity index (χ2v) is 4.99. The standard InChI is InChI=1S/C16H17ClN2O/c1-2-11-3-5-12(6-4-11)10-19-15-9-13(16(18)20)7-8-14(15)17/h3-9,19H,2,10H2,1H3,(H2,18,20). The molecular weight excluding hydrogens is 272 g/mol. The van der Waals surface area contributed by atoms with Crippen LogP contribution in [-0.2, 0) is 13.0 Å². The molecule has 4 heteroatoms. The van der Waals surface area contributed by atoms with Crippen molar-refractivity contribution in [3.8, 4) is 0 Å². The van der Waals surface area contributed by atoms with Gasteiger partial charge in [-0.2, -0.15) is 0 Å². The predicted octanol–water partition coefficient (Wildman–Crippen LogP) is 3.61. The van der Waals surface area contributed by atoms with E-state index in [-0.39, 0.29) is 0 Å². The van der Waals surface area contributed by atoms with Crippen molar-refractivity contribution in [3.63, 3.8) is 0 Å². The number of amides is 1. The summed E-state index contributed by atoms with van der Waals surface area (Å²) < 4.78 is 0. The van der Waals surface area contributed by atoms with Crippen LogP contribution in [0.3, 0.4) is 0 Å². The van der Waals surface area contributed by atoms with Gasteiger partial charge in [-0.15, -0.1) is 0 Å². The molecule has 0 atom stereocenters. The van der Waals surface area contributed by atoms with Crippen molar-refractivity contribution in [2.24, 2.45) is 5.73 Å². The number of rotatable bonds is 5. The van der Waals surface area contributed by atoms with Crippen LogP contribution >= 0.6 is 11.6 Å². The van der Waals surface area contributed by atoms with Gasteiger partial charge in [0.05, 0.1) is 10.7 Å². The fourth-order valence-electron chi connectivity index (χ4n) is 1.90. The number of nitrogens with one attached hydrogen (secondary N) is 1.